The third-order valence-electron chi connectivity index (χ3n) is 3.23. The number of anilines is 1. The molecule has 1 rings (SSSR count). The van der Waals surface area contributed by atoms with Crippen molar-refractivity contribution in [2.75, 3.05) is 18.6 Å². The number of hydrogen-bond acceptors (Lipinski definition) is 5. The highest BCUT2D eigenvalue weighted by Crippen LogP contribution is 2.14. The van der Waals surface area contributed by atoms with Gasteiger partial charge in [-0.2, -0.15) is 0 Å². The zero-order chi connectivity index (χ0) is 15.7. The van der Waals surface area contributed by atoms with Crippen molar-refractivity contribution in [3.8, 4) is 0 Å². The van der Waals surface area contributed by atoms with E-state index in [1.54, 1.807) is 18.1 Å². The van der Waals surface area contributed by atoms with E-state index in [1.807, 2.05) is 0 Å². The van der Waals surface area contributed by atoms with Crippen LogP contribution in [-0.4, -0.2) is 36.2 Å². The van der Waals surface area contributed by atoms with Crippen LogP contribution in [0.4, 0.5) is 5.69 Å². The van der Waals surface area contributed by atoms with Gasteiger partial charge in [0, 0.05) is 13.1 Å². The van der Waals surface area contributed by atoms with E-state index in [2.05, 4.69) is 12.3 Å². The van der Waals surface area contributed by atoms with Gasteiger partial charge in [-0.15, -0.1) is 0 Å². The zero-order valence-corrected chi connectivity index (χ0v) is 12.5. The van der Waals surface area contributed by atoms with Crippen molar-refractivity contribution >= 4 is 18.0 Å². The predicted molar refractivity (Wildman–Crippen MR) is 77.4 cm³/mol. The van der Waals surface area contributed by atoms with Gasteiger partial charge < -0.3 is 4.42 Å². The van der Waals surface area contributed by atoms with Crippen molar-refractivity contribution < 1.29 is 19.2 Å². The van der Waals surface area contributed by atoms with Gasteiger partial charge in [0.05, 0.1) is 24.4 Å². The van der Waals surface area contributed by atoms with Crippen LogP contribution < -0.4 is 10.4 Å². The number of nitrogens with zero attached hydrogens (tertiary/aromatic N) is 2. The first-order valence-corrected chi connectivity index (χ1v) is 7.05. The van der Waals surface area contributed by atoms with Gasteiger partial charge in [-0.25, -0.2) is 5.06 Å². The van der Waals surface area contributed by atoms with Crippen LogP contribution >= 0.6 is 0 Å². The van der Waals surface area contributed by atoms with Crippen molar-refractivity contribution in [2.24, 2.45) is 5.92 Å². The number of nitrogens with one attached hydrogen (secondary N) is 1. The maximum absolute atomic E-state index is 12.3. The lowest BCUT2D eigenvalue weighted by molar-refractivity contribution is -0.154. The molecule has 1 aromatic heterocycles. The molecule has 0 radical (unpaired) electrons. The molecule has 0 unspecified atom stereocenters. The van der Waals surface area contributed by atoms with Gasteiger partial charge >= 0.3 is 0 Å². The fourth-order valence-electron chi connectivity index (χ4n) is 1.98. The molecular weight excluding hydrogens is 274 g/mol. The lowest BCUT2D eigenvalue weighted by Crippen LogP contribution is -2.45. The van der Waals surface area contributed by atoms with Crippen LogP contribution in [-0.2, 0) is 9.59 Å². The monoisotopic (exact) mass is 297 g/mol. The van der Waals surface area contributed by atoms with E-state index in [4.69, 9.17) is 4.42 Å². The highest BCUT2D eigenvalue weighted by atomic mass is 16.5. The number of hydroxylamine groups is 2. The molecule has 1 heterocycles. The highest BCUT2D eigenvalue weighted by molar-refractivity contribution is 5.80. The second-order valence-electron chi connectivity index (χ2n) is 4.94. The van der Waals surface area contributed by atoms with Crippen LogP contribution in [0.15, 0.2) is 23.0 Å². The average molecular weight is 297 g/mol. The van der Waals surface area contributed by atoms with E-state index < -0.39 is 5.92 Å². The predicted octanol–water partition coefficient (Wildman–Crippen LogP) is 1.79. The summed E-state index contributed by atoms with van der Waals surface area (Å²) in [6.07, 6.45) is 6.86. The van der Waals surface area contributed by atoms with Gasteiger partial charge in [0.1, 0.15) is 6.26 Å². The van der Waals surface area contributed by atoms with Gasteiger partial charge in [-0.3, -0.25) is 25.2 Å². The summed E-state index contributed by atoms with van der Waals surface area (Å²) in [4.78, 5) is 22.8. The summed E-state index contributed by atoms with van der Waals surface area (Å²) < 4.78 is 4.95. The molecule has 0 aromatic carbocycles. The summed E-state index contributed by atoms with van der Waals surface area (Å²) in [5.74, 6) is -0.697. The Bertz CT molecular complexity index is 422. The molecule has 0 aliphatic heterocycles. The maximum atomic E-state index is 12.3. The number of furan rings is 1. The van der Waals surface area contributed by atoms with E-state index in [1.165, 1.54) is 12.5 Å². The van der Waals surface area contributed by atoms with Gasteiger partial charge in [-0.1, -0.05) is 26.2 Å². The van der Waals surface area contributed by atoms with Gasteiger partial charge in [0.2, 0.25) is 12.3 Å². The molecule has 0 saturated carbocycles. The van der Waals surface area contributed by atoms with Crippen LogP contribution in [0.2, 0.25) is 0 Å². The molecule has 0 aliphatic rings. The van der Waals surface area contributed by atoms with Crippen LogP contribution in [0.25, 0.3) is 0 Å². The lowest BCUT2D eigenvalue weighted by atomic mass is 10.0. The number of carbonyl (C=O) groups is 2. The first-order valence-electron chi connectivity index (χ1n) is 7.05. The minimum atomic E-state index is -0.457. The van der Waals surface area contributed by atoms with E-state index in [0.717, 1.165) is 19.3 Å². The molecule has 0 spiro atoms. The number of unbranched alkanes of at least 4 members (excludes halogenated alkanes) is 2. The van der Waals surface area contributed by atoms with Crippen LogP contribution in [0.1, 0.15) is 32.6 Å². The molecule has 7 nitrogen and oxygen atoms in total. The SMILES string of the molecule is CCCCC[C@H](CN(O)C=O)C(=O)NN(C)c1ccoc1. The van der Waals surface area contributed by atoms with Crippen molar-refractivity contribution in [3.63, 3.8) is 0 Å². The van der Waals surface area contributed by atoms with Crippen LogP contribution in [0, 0.1) is 5.92 Å². The Balaban J connectivity index is 2.58. The Morgan fingerprint density at radius 1 is 1.52 bits per heavy atom. The molecular formula is C14H23N3O4. The van der Waals surface area contributed by atoms with E-state index in [9.17, 15) is 14.8 Å². The number of hydrazine groups is 1. The molecule has 21 heavy (non-hydrogen) atoms. The van der Waals surface area contributed by atoms with Gasteiger partial charge in [-0.05, 0) is 6.42 Å². The first kappa shape index (κ1) is 17.0. The quantitative estimate of drug-likeness (QED) is 0.297. The summed E-state index contributed by atoms with van der Waals surface area (Å²) in [7, 11) is 1.70. The number of carbonyl (C=O) groups excluding carboxylic acids is 2. The van der Waals surface area contributed by atoms with Crippen molar-refractivity contribution in [3.05, 3.63) is 18.6 Å². The Labute approximate surface area is 124 Å². The van der Waals surface area contributed by atoms with Gasteiger partial charge in [0.15, 0.2) is 0 Å². The van der Waals surface area contributed by atoms with E-state index >= 15 is 0 Å². The Hall–Kier alpha value is -2.02. The smallest absolute Gasteiger partial charge is 0.243 e. The molecule has 118 valence electrons. The van der Waals surface area contributed by atoms with Crippen LogP contribution in [0.3, 0.4) is 0 Å². The minimum Gasteiger partial charge on any atom is -0.470 e. The maximum Gasteiger partial charge on any atom is 0.243 e. The highest BCUT2D eigenvalue weighted by Gasteiger charge is 2.22. The molecule has 0 aliphatic carbocycles. The van der Waals surface area contributed by atoms with Crippen molar-refractivity contribution in [1.82, 2.24) is 10.5 Å². The Kier molecular flexibility index (Phi) is 7.31. The van der Waals surface area contributed by atoms with Crippen molar-refractivity contribution in [1.29, 1.82) is 0 Å². The Morgan fingerprint density at radius 2 is 2.29 bits per heavy atom. The van der Waals surface area contributed by atoms with Crippen molar-refractivity contribution in [2.45, 2.75) is 32.6 Å². The molecule has 1 aromatic rings. The first-order chi connectivity index (χ1) is 10.1. The minimum absolute atomic E-state index is 0.0156. The van der Waals surface area contributed by atoms with Gasteiger partial charge in [0.25, 0.3) is 0 Å². The summed E-state index contributed by atoms with van der Waals surface area (Å²) in [5, 5.41) is 11.4. The summed E-state index contributed by atoms with van der Waals surface area (Å²) in [5.41, 5.74) is 3.43. The third kappa shape index (κ3) is 5.86. The fraction of sp³-hybridized carbons (Fsp3) is 0.571. The zero-order valence-electron chi connectivity index (χ0n) is 12.5. The summed E-state index contributed by atoms with van der Waals surface area (Å²) >= 11 is 0. The Morgan fingerprint density at radius 3 is 2.86 bits per heavy atom. The summed E-state index contributed by atoms with van der Waals surface area (Å²) in [6.45, 7) is 2.06. The van der Waals surface area contributed by atoms with E-state index in [-0.39, 0.29) is 12.5 Å². The van der Waals surface area contributed by atoms with E-state index in [0.29, 0.717) is 23.6 Å². The fourth-order valence-corrected chi connectivity index (χ4v) is 1.98. The molecule has 7 heteroatoms. The number of hydrogen-bond donors (Lipinski definition) is 2. The molecule has 2 amide bonds. The second-order valence-corrected chi connectivity index (χ2v) is 4.94. The number of amides is 2. The average Bonchev–Trinajstić information content (AvgIpc) is 3.00. The number of rotatable bonds is 10. The summed E-state index contributed by atoms with van der Waals surface area (Å²) in [6, 6.07) is 1.72. The second kappa shape index (κ2) is 9.02. The molecule has 0 bridgehead atoms. The molecule has 0 saturated heterocycles. The molecule has 0 fully saturated rings. The molecule has 1 atom stereocenters. The topological polar surface area (TPSA) is 86.0 Å². The third-order valence-corrected chi connectivity index (χ3v) is 3.23. The largest absolute Gasteiger partial charge is 0.470 e. The molecule has 2 N–H and O–H groups in total. The normalized spacial score (nSPS) is 11.8. The van der Waals surface area contributed by atoms with Crippen LogP contribution in [0.5, 0.6) is 0 Å². The lowest BCUT2D eigenvalue weighted by Gasteiger charge is -2.24. The standard InChI is InChI=1S/C14H23N3O4/c1-3-4-5-6-12(9-17(20)11-18)14(19)15-16(2)13-7-8-21-10-13/h7-8,10-12,20H,3-6,9H2,1-2H3,(H,15,19)/t12-/m1/s1.